The monoisotopic (exact) mass is 447 g/mol. The van der Waals surface area contributed by atoms with Crippen LogP contribution < -0.4 is 20.7 Å². The van der Waals surface area contributed by atoms with Crippen LogP contribution in [0.5, 0.6) is 5.75 Å². The molecule has 1 aromatic carbocycles. The van der Waals surface area contributed by atoms with Crippen molar-refractivity contribution < 1.29 is 9.84 Å². The highest BCUT2D eigenvalue weighted by Crippen LogP contribution is 2.31. The average molecular weight is 448 g/mol. The van der Waals surface area contributed by atoms with Crippen LogP contribution in [0.1, 0.15) is 24.1 Å². The van der Waals surface area contributed by atoms with E-state index in [0.29, 0.717) is 47.9 Å². The first-order chi connectivity index (χ1) is 16.2. The summed E-state index contributed by atoms with van der Waals surface area (Å²) in [5.41, 5.74) is 2.27. The van der Waals surface area contributed by atoms with Gasteiger partial charge in [0.15, 0.2) is 5.82 Å². The normalized spacial score (nSPS) is 13.9. The first kappa shape index (κ1) is 22.6. The van der Waals surface area contributed by atoms with Gasteiger partial charge in [-0.25, -0.2) is 9.97 Å². The van der Waals surface area contributed by atoms with E-state index in [4.69, 9.17) is 20.1 Å². The topological polar surface area (TPSA) is 128 Å². The number of hydrogen-bond acceptors (Lipinski definition) is 9. The van der Waals surface area contributed by atoms with Crippen LogP contribution in [-0.2, 0) is 6.54 Å². The predicted molar refractivity (Wildman–Crippen MR) is 129 cm³/mol. The minimum atomic E-state index is -0.599. The molecule has 0 bridgehead atoms. The Morgan fingerprint density at radius 2 is 2.03 bits per heavy atom. The average Bonchev–Trinajstić information content (AvgIpc) is 3.66. The van der Waals surface area contributed by atoms with Crippen LogP contribution in [0.2, 0.25) is 0 Å². The summed E-state index contributed by atoms with van der Waals surface area (Å²) < 4.78 is 5.75. The quantitative estimate of drug-likeness (QED) is 0.268. The molecule has 9 nitrogen and oxygen atoms in total. The van der Waals surface area contributed by atoms with Crippen LogP contribution in [0.25, 0.3) is 11.4 Å². The molecule has 4 rings (SSSR count). The van der Waals surface area contributed by atoms with Crippen LogP contribution in [0.3, 0.4) is 0 Å². The van der Waals surface area contributed by atoms with Crippen LogP contribution in [0.15, 0.2) is 48.7 Å². The number of likely N-dealkylation sites (N-methyl/N-ethyl adjacent to an activating group) is 1. The maximum absolute atomic E-state index is 9.92. The van der Waals surface area contributed by atoms with Gasteiger partial charge in [0, 0.05) is 30.6 Å². The summed E-state index contributed by atoms with van der Waals surface area (Å²) >= 11 is 0. The molecule has 172 valence electrons. The number of benzene rings is 1. The van der Waals surface area contributed by atoms with Gasteiger partial charge in [0.1, 0.15) is 30.1 Å². The van der Waals surface area contributed by atoms with Crippen molar-refractivity contribution in [1.29, 1.82) is 5.41 Å². The van der Waals surface area contributed by atoms with Gasteiger partial charge in [0.05, 0.1) is 17.8 Å². The molecule has 33 heavy (non-hydrogen) atoms. The standard InChI is InChI=1S/C24H29N7O2/c1-26-14-19(32)15-33-20-7-4-5-16(11-20)22-30-23(28-13-18-6-2-3-10-27-18)21(12-25)24(31-22)29-17-8-9-17/h2-7,10-12,17,19,25-26,32H,8-9,13-15H2,1H3,(H2,28,29,30,31). The van der Waals surface area contributed by atoms with Crippen molar-refractivity contribution in [2.75, 3.05) is 30.8 Å². The van der Waals surface area contributed by atoms with E-state index in [9.17, 15) is 5.11 Å². The first-order valence-electron chi connectivity index (χ1n) is 11.0. The lowest BCUT2D eigenvalue weighted by Crippen LogP contribution is -2.29. The number of aliphatic hydroxyl groups excluding tert-OH is 1. The highest BCUT2D eigenvalue weighted by Gasteiger charge is 2.24. The van der Waals surface area contributed by atoms with Crippen LogP contribution >= 0.6 is 0 Å². The van der Waals surface area contributed by atoms with E-state index < -0.39 is 6.10 Å². The summed E-state index contributed by atoms with van der Waals surface area (Å²) in [5, 5.41) is 27.5. The second-order valence-corrected chi connectivity index (χ2v) is 7.95. The lowest BCUT2D eigenvalue weighted by Gasteiger charge is -2.16. The fraction of sp³-hybridized carbons (Fsp3) is 0.333. The van der Waals surface area contributed by atoms with Gasteiger partial charge in [-0.1, -0.05) is 18.2 Å². The second-order valence-electron chi connectivity index (χ2n) is 7.95. The summed E-state index contributed by atoms with van der Waals surface area (Å²) in [7, 11) is 1.78. The SMILES string of the molecule is CNCC(O)COc1cccc(-c2nc(NCc3ccccn3)c(C=N)c(NC3CC3)n2)c1. The first-order valence-corrected chi connectivity index (χ1v) is 11.0. The molecular weight excluding hydrogens is 418 g/mol. The van der Waals surface area contributed by atoms with Crippen LogP contribution in [0, 0.1) is 5.41 Å². The Kier molecular flexibility index (Phi) is 7.43. The minimum Gasteiger partial charge on any atom is -0.491 e. The fourth-order valence-corrected chi connectivity index (χ4v) is 3.29. The summed E-state index contributed by atoms with van der Waals surface area (Å²) in [6, 6.07) is 13.6. The zero-order chi connectivity index (χ0) is 23.0. The molecule has 0 aliphatic heterocycles. The Morgan fingerprint density at radius 1 is 1.18 bits per heavy atom. The van der Waals surface area contributed by atoms with Crippen LogP contribution in [0.4, 0.5) is 11.6 Å². The van der Waals surface area contributed by atoms with Gasteiger partial charge in [0.2, 0.25) is 0 Å². The van der Waals surface area contributed by atoms with E-state index in [0.717, 1.165) is 24.1 Å². The molecule has 1 fully saturated rings. The van der Waals surface area contributed by atoms with Crippen molar-refractivity contribution in [3.8, 4) is 17.1 Å². The summed E-state index contributed by atoms with van der Waals surface area (Å²) in [6.07, 6.45) is 4.60. The van der Waals surface area contributed by atoms with Crippen molar-refractivity contribution in [1.82, 2.24) is 20.3 Å². The Bertz CT molecular complexity index is 1070. The smallest absolute Gasteiger partial charge is 0.164 e. The number of rotatable bonds is 12. The van der Waals surface area contributed by atoms with E-state index in [2.05, 4.69) is 20.9 Å². The molecule has 1 atom stereocenters. The number of aromatic nitrogens is 3. The third kappa shape index (κ3) is 6.24. The maximum atomic E-state index is 9.92. The number of pyridine rings is 1. The third-order valence-corrected chi connectivity index (χ3v) is 5.15. The minimum absolute atomic E-state index is 0.184. The van der Waals surface area contributed by atoms with Crippen molar-refractivity contribution in [3.63, 3.8) is 0 Å². The molecule has 2 heterocycles. The van der Waals surface area contributed by atoms with Crippen molar-refractivity contribution in [3.05, 3.63) is 59.9 Å². The molecule has 5 N–H and O–H groups in total. The van der Waals surface area contributed by atoms with Gasteiger partial charge in [0.25, 0.3) is 0 Å². The van der Waals surface area contributed by atoms with E-state index in [-0.39, 0.29) is 6.61 Å². The summed E-state index contributed by atoms with van der Waals surface area (Å²) in [5.74, 6) is 2.35. The lowest BCUT2D eigenvalue weighted by molar-refractivity contribution is 0.108. The predicted octanol–water partition coefficient (Wildman–Crippen LogP) is 2.68. The largest absolute Gasteiger partial charge is 0.491 e. The molecule has 1 aliphatic carbocycles. The highest BCUT2D eigenvalue weighted by atomic mass is 16.5. The molecule has 0 saturated heterocycles. The van der Waals surface area contributed by atoms with Crippen molar-refractivity contribution in [2.24, 2.45) is 0 Å². The van der Waals surface area contributed by atoms with Gasteiger partial charge < -0.3 is 31.2 Å². The molecule has 1 aliphatic rings. The second kappa shape index (κ2) is 10.8. The Labute approximate surface area is 193 Å². The number of aliphatic hydroxyl groups is 1. The fourth-order valence-electron chi connectivity index (χ4n) is 3.29. The molecule has 0 radical (unpaired) electrons. The lowest BCUT2D eigenvalue weighted by atomic mass is 10.2. The zero-order valence-corrected chi connectivity index (χ0v) is 18.6. The number of hydrogen-bond donors (Lipinski definition) is 5. The molecule has 1 saturated carbocycles. The molecule has 2 aromatic heterocycles. The van der Waals surface area contributed by atoms with Gasteiger partial charge in [-0.15, -0.1) is 0 Å². The van der Waals surface area contributed by atoms with Gasteiger partial charge >= 0.3 is 0 Å². The Balaban J connectivity index is 1.61. The van der Waals surface area contributed by atoms with E-state index >= 15 is 0 Å². The van der Waals surface area contributed by atoms with Gasteiger partial charge in [-0.2, -0.15) is 0 Å². The van der Waals surface area contributed by atoms with Crippen LogP contribution in [-0.4, -0.2) is 58.6 Å². The van der Waals surface area contributed by atoms with E-state index in [1.54, 1.807) is 13.2 Å². The maximum Gasteiger partial charge on any atom is 0.164 e. The van der Waals surface area contributed by atoms with E-state index in [1.165, 1.54) is 6.21 Å². The third-order valence-electron chi connectivity index (χ3n) is 5.15. The number of ether oxygens (including phenoxy) is 1. The van der Waals surface area contributed by atoms with E-state index in [1.807, 2.05) is 42.5 Å². The molecule has 9 heteroatoms. The molecule has 0 spiro atoms. The summed E-state index contributed by atoms with van der Waals surface area (Å²) in [4.78, 5) is 13.8. The Morgan fingerprint density at radius 3 is 2.76 bits per heavy atom. The molecule has 0 amide bonds. The highest BCUT2D eigenvalue weighted by molar-refractivity contribution is 5.91. The van der Waals surface area contributed by atoms with Gasteiger partial charge in [-0.3, -0.25) is 4.98 Å². The number of nitrogens with zero attached hydrogens (tertiary/aromatic N) is 3. The van der Waals surface area contributed by atoms with Crippen molar-refractivity contribution >= 4 is 17.9 Å². The molecule has 1 unspecified atom stereocenters. The Hall–Kier alpha value is -3.56. The number of anilines is 2. The van der Waals surface area contributed by atoms with Crippen molar-refractivity contribution in [2.45, 2.75) is 31.5 Å². The molecule has 3 aromatic rings. The number of nitrogens with one attached hydrogen (secondary N) is 4. The zero-order valence-electron chi connectivity index (χ0n) is 18.6. The van der Waals surface area contributed by atoms with Gasteiger partial charge in [-0.05, 0) is 44.2 Å². The molecular formula is C24H29N7O2. The summed E-state index contributed by atoms with van der Waals surface area (Å²) in [6.45, 7) is 1.12.